The molecule has 1 unspecified atom stereocenters. The normalized spacial score (nSPS) is 11.9. The van der Waals surface area contributed by atoms with Crippen molar-refractivity contribution in [1.82, 2.24) is 19.9 Å². The summed E-state index contributed by atoms with van der Waals surface area (Å²) in [6, 6.07) is 0. The second kappa shape index (κ2) is 7.83. The first-order chi connectivity index (χ1) is 10.2. The van der Waals surface area contributed by atoms with Crippen LogP contribution in [0, 0.1) is 5.92 Å². The molecular formula is C13H17BN6S. The molecule has 8 heteroatoms. The average molecular weight is 300 g/mol. The van der Waals surface area contributed by atoms with Crippen molar-refractivity contribution >= 4 is 37.0 Å². The molecule has 2 radical (unpaired) electrons. The van der Waals surface area contributed by atoms with Crippen molar-refractivity contribution in [3.05, 3.63) is 24.8 Å². The number of rotatable bonds is 7. The minimum absolute atomic E-state index is 0.383. The van der Waals surface area contributed by atoms with Crippen LogP contribution in [0.3, 0.4) is 0 Å². The lowest BCUT2D eigenvalue weighted by molar-refractivity contribution is 0.644. The Morgan fingerprint density at radius 1 is 1.05 bits per heavy atom. The number of aromatic nitrogens is 4. The van der Waals surface area contributed by atoms with E-state index in [0.29, 0.717) is 17.5 Å². The Morgan fingerprint density at radius 3 is 2.38 bits per heavy atom. The van der Waals surface area contributed by atoms with Crippen LogP contribution in [0.25, 0.3) is 0 Å². The van der Waals surface area contributed by atoms with Crippen LogP contribution < -0.4 is 16.2 Å². The Morgan fingerprint density at radius 2 is 1.76 bits per heavy atom. The van der Waals surface area contributed by atoms with Crippen LogP contribution in [0.4, 0.5) is 11.8 Å². The second-order valence-corrected chi connectivity index (χ2v) is 5.52. The monoisotopic (exact) mass is 300 g/mol. The largest absolute Gasteiger partial charge is 0.368 e. The third kappa shape index (κ3) is 5.22. The zero-order valence-corrected chi connectivity index (χ0v) is 12.9. The fraction of sp³-hybridized carbons (Fsp3) is 0.385. The van der Waals surface area contributed by atoms with Gasteiger partial charge in [0, 0.05) is 42.2 Å². The lowest BCUT2D eigenvalue weighted by atomic mass is 10.1. The van der Waals surface area contributed by atoms with Gasteiger partial charge in [-0.2, -0.15) is 0 Å². The van der Waals surface area contributed by atoms with Gasteiger partial charge in [-0.25, -0.2) is 15.0 Å². The SMILES string of the molecule is [B]c1cnc(NCC(C)CNc2ncc(SC)cn2)cn1. The topological polar surface area (TPSA) is 75.6 Å². The molecule has 0 bridgehead atoms. The molecule has 0 saturated heterocycles. The molecule has 6 nitrogen and oxygen atoms in total. The van der Waals surface area contributed by atoms with E-state index in [0.717, 1.165) is 23.8 Å². The molecule has 0 aromatic carbocycles. The molecule has 0 amide bonds. The van der Waals surface area contributed by atoms with Gasteiger partial charge in [-0.3, -0.25) is 4.98 Å². The summed E-state index contributed by atoms with van der Waals surface area (Å²) < 4.78 is 0. The quantitative estimate of drug-likeness (QED) is 0.582. The average Bonchev–Trinajstić information content (AvgIpc) is 2.53. The van der Waals surface area contributed by atoms with Crippen LogP contribution in [0.15, 0.2) is 29.7 Å². The van der Waals surface area contributed by atoms with Gasteiger partial charge in [0.2, 0.25) is 5.95 Å². The van der Waals surface area contributed by atoms with Crippen LogP contribution in [0.2, 0.25) is 0 Å². The van der Waals surface area contributed by atoms with Gasteiger partial charge < -0.3 is 10.6 Å². The summed E-state index contributed by atoms with van der Waals surface area (Å²) in [5, 5.41) is 6.43. The van der Waals surface area contributed by atoms with Crippen molar-refractivity contribution in [3.63, 3.8) is 0 Å². The third-order valence-corrected chi connectivity index (χ3v) is 3.46. The predicted molar refractivity (Wildman–Crippen MR) is 87.4 cm³/mol. The number of anilines is 2. The van der Waals surface area contributed by atoms with Crippen molar-refractivity contribution in [2.45, 2.75) is 11.8 Å². The molecule has 0 aliphatic rings. The number of nitrogens with one attached hydrogen (secondary N) is 2. The molecular weight excluding hydrogens is 283 g/mol. The zero-order valence-electron chi connectivity index (χ0n) is 12.1. The standard InChI is InChI=1S/C13H17BN6S/c1-9(3-16-12-8-15-11(14)7-17-12)4-18-13-19-5-10(21-2)6-20-13/h5-9H,3-4H2,1-2H3,(H,16,17)(H,18,19,20). The van der Waals surface area contributed by atoms with Gasteiger partial charge in [0.1, 0.15) is 13.7 Å². The van der Waals surface area contributed by atoms with E-state index < -0.39 is 0 Å². The Hall–Kier alpha value is -1.83. The van der Waals surface area contributed by atoms with E-state index in [-0.39, 0.29) is 0 Å². The van der Waals surface area contributed by atoms with Crippen LogP contribution in [0.5, 0.6) is 0 Å². The molecule has 2 aromatic rings. The minimum Gasteiger partial charge on any atom is -0.368 e. The van der Waals surface area contributed by atoms with Gasteiger partial charge >= 0.3 is 0 Å². The summed E-state index contributed by atoms with van der Waals surface area (Å²) in [5.41, 5.74) is 0.418. The number of hydrogen-bond donors (Lipinski definition) is 2. The second-order valence-electron chi connectivity index (χ2n) is 4.64. The minimum atomic E-state index is 0.383. The highest BCUT2D eigenvalue weighted by atomic mass is 32.2. The molecule has 0 spiro atoms. The van der Waals surface area contributed by atoms with Crippen molar-refractivity contribution in [2.75, 3.05) is 30.0 Å². The van der Waals surface area contributed by atoms with E-state index in [1.165, 1.54) is 6.20 Å². The van der Waals surface area contributed by atoms with Gasteiger partial charge in [-0.05, 0) is 12.2 Å². The zero-order chi connectivity index (χ0) is 15.1. The number of thioether (sulfide) groups is 1. The molecule has 21 heavy (non-hydrogen) atoms. The van der Waals surface area contributed by atoms with E-state index in [2.05, 4.69) is 37.5 Å². The summed E-state index contributed by atoms with van der Waals surface area (Å²) in [7, 11) is 5.49. The highest BCUT2D eigenvalue weighted by Gasteiger charge is 2.04. The van der Waals surface area contributed by atoms with Crippen molar-refractivity contribution in [3.8, 4) is 0 Å². The van der Waals surface area contributed by atoms with E-state index in [1.807, 2.05) is 18.6 Å². The molecule has 0 fully saturated rings. The maximum atomic E-state index is 5.49. The van der Waals surface area contributed by atoms with Crippen molar-refractivity contribution < 1.29 is 0 Å². The van der Waals surface area contributed by atoms with Crippen LogP contribution in [-0.2, 0) is 0 Å². The van der Waals surface area contributed by atoms with E-state index in [1.54, 1.807) is 18.0 Å². The lowest BCUT2D eigenvalue weighted by Gasteiger charge is -2.14. The molecule has 0 aliphatic carbocycles. The Bertz CT molecular complexity index is 548. The molecule has 0 aliphatic heterocycles. The summed E-state index contributed by atoms with van der Waals surface area (Å²) in [6.45, 7) is 3.67. The van der Waals surface area contributed by atoms with Crippen LogP contribution >= 0.6 is 11.8 Å². The highest BCUT2D eigenvalue weighted by molar-refractivity contribution is 7.98. The van der Waals surface area contributed by atoms with Gasteiger partial charge in [0.05, 0.1) is 6.20 Å². The molecule has 108 valence electrons. The molecule has 2 heterocycles. The molecule has 2 rings (SSSR count). The third-order valence-electron chi connectivity index (χ3n) is 2.78. The Labute approximate surface area is 130 Å². The van der Waals surface area contributed by atoms with Gasteiger partial charge in [0.25, 0.3) is 0 Å². The van der Waals surface area contributed by atoms with Crippen molar-refractivity contribution in [2.24, 2.45) is 5.92 Å². The Balaban J connectivity index is 1.73. The highest BCUT2D eigenvalue weighted by Crippen LogP contribution is 2.12. The molecule has 2 aromatic heterocycles. The van der Waals surface area contributed by atoms with Gasteiger partial charge in [-0.15, -0.1) is 11.8 Å². The van der Waals surface area contributed by atoms with Crippen LogP contribution in [-0.4, -0.2) is 47.1 Å². The first-order valence-corrected chi connectivity index (χ1v) is 7.81. The van der Waals surface area contributed by atoms with Crippen LogP contribution in [0.1, 0.15) is 6.92 Å². The fourth-order valence-electron chi connectivity index (χ4n) is 1.56. The maximum Gasteiger partial charge on any atom is 0.222 e. The van der Waals surface area contributed by atoms with Crippen molar-refractivity contribution in [1.29, 1.82) is 0 Å². The first kappa shape index (κ1) is 15.6. The molecule has 0 saturated carbocycles. The smallest absolute Gasteiger partial charge is 0.222 e. The Kier molecular flexibility index (Phi) is 5.80. The predicted octanol–water partition coefficient (Wildman–Crippen LogP) is 0.942. The maximum absolute atomic E-state index is 5.49. The van der Waals surface area contributed by atoms with Gasteiger partial charge in [-0.1, -0.05) is 6.92 Å². The first-order valence-electron chi connectivity index (χ1n) is 6.58. The number of nitrogens with zero attached hydrogens (tertiary/aromatic N) is 4. The summed E-state index contributed by atoms with van der Waals surface area (Å²) in [5.74, 6) is 1.75. The number of hydrogen-bond acceptors (Lipinski definition) is 7. The fourth-order valence-corrected chi connectivity index (χ4v) is 1.87. The van der Waals surface area contributed by atoms with E-state index in [4.69, 9.17) is 7.85 Å². The van der Waals surface area contributed by atoms with Gasteiger partial charge in [0.15, 0.2) is 0 Å². The summed E-state index contributed by atoms with van der Waals surface area (Å²) >= 11 is 1.62. The summed E-state index contributed by atoms with van der Waals surface area (Å²) in [6.07, 6.45) is 8.78. The van der Waals surface area contributed by atoms with E-state index in [9.17, 15) is 0 Å². The molecule has 1 atom stereocenters. The van der Waals surface area contributed by atoms with E-state index >= 15 is 0 Å². The summed E-state index contributed by atoms with van der Waals surface area (Å²) in [4.78, 5) is 17.7. The molecule has 2 N–H and O–H groups in total. The lowest BCUT2D eigenvalue weighted by Crippen LogP contribution is -2.21.